The van der Waals surface area contributed by atoms with Gasteiger partial charge in [0.2, 0.25) is 59.3 Å². The predicted molar refractivity (Wildman–Crippen MR) is 326 cm³/mol. The molecule has 82 heavy (non-hydrogen) atoms. The molecule has 4 amide bonds. The maximum Gasteiger partial charge on any atom is 0.242 e. The Bertz CT molecular complexity index is 2390. The summed E-state index contributed by atoms with van der Waals surface area (Å²) in [5, 5.41) is 28.4. The lowest BCUT2D eigenvalue weighted by atomic mass is 9.89. The van der Waals surface area contributed by atoms with Crippen molar-refractivity contribution in [3.05, 3.63) is 0 Å². The number of hydrogen-bond acceptors (Lipinski definition) is 20. The van der Waals surface area contributed by atoms with E-state index in [0.717, 1.165) is 0 Å². The summed E-state index contributed by atoms with van der Waals surface area (Å²) in [6.45, 7) is 54.3. The van der Waals surface area contributed by atoms with E-state index in [2.05, 4.69) is 108 Å². The molecule has 24 nitrogen and oxygen atoms in total. The van der Waals surface area contributed by atoms with E-state index in [1.807, 2.05) is 130 Å². The molecule has 0 radical (unpaired) electrons. The molecule has 5 aliphatic heterocycles. The van der Waals surface area contributed by atoms with Crippen molar-refractivity contribution in [2.45, 2.75) is 233 Å². The molecule has 8 N–H and O–H groups in total. The van der Waals surface area contributed by atoms with Crippen molar-refractivity contribution in [3.63, 3.8) is 0 Å². The van der Waals surface area contributed by atoms with Crippen LogP contribution in [0, 0.1) is 0 Å². The van der Waals surface area contributed by atoms with Gasteiger partial charge in [0.25, 0.3) is 0 Å². The van der Waals surface area contributed by atoms with Crippen molar-refractivity contribution in [3.8, 4) is 0 Å². The third kappa shape index (κ3) is 15.6. The zero-order valence-corrected chi connectivity index (χ0v) is 54.5. The number of piperazine rings is 5. The first kappa shape index (κ1) is 64.1. The summed E-state index contributed by atoms with van der Waals surface area (Å²) >= 11 is 0. The number of carbonyl (C=O) groups is 4. The molecular formula is C58H104N20O4. The second kappa shape index (κ2) is 21.2. The molecule has 5 aliphatic rings. The van der Waals surface area contributed by atoms with Gasteiger partial charge in [0.05, 0.1) is 44.3 Å². The monoisotopic (exact) mass is 1140 g/mol. The Morgan fingerprint density at radius 2 is 0.524 bits per heavy atom. The Hall–Kier alpha value is -5.46. The van der Waals surface area contributed by atoms with Crippen LogP contribution in [0.3, 0.4) is 0 Å². The van der Waals surface area contributed by atoms with E-state index in [1.54, 1.807) is 0 Å². The largest absolute Gasteiger partial charge is 0.347 e. The van der Waals surface area contributed by atoms with Gasteiger partial charge in [-0.2, -0.15) is 29.9 Å². The van der Waals surface area contributed by atoms with Crippen LogP contribution in [0.4, 0.5) is 35.7 Å². The van der Waals surface area contributed by atoms with Crippen molar-refractivity contribution in [1.82, 2.24) is 70.8 Å². The van der Waals surface area contributed by atoms with E-state index in [9.17, 15) is 19.2 Å². The smallest absolute Gasteiger partial charge is 0.242 e. The number of nitrogens with zero attached hydrogens (tertiary/aromatic N) is 12. The first-order chi connectivity index (χ1) is 37.0. The van der Waals surface area contributed by atoms with Crippen LogP contribution in [0.15, 0.2) is 0 Å². The molecular weight excluding hydrogens is 1040 g/mol. The van der Waals surface area contributed by atoms with Crippen molar-refractivity contribution >= 4 is 59.3 Å². The van der Waals surface area contributed by atoms with Gasteiger partial charge in [0.15, 0.2) is 0 Å². The average Bonchev–Trinajstić information content (AvgIpc) is 3.25. The van der Waals surface area contributed by atoms with E-state index in [-0.39, 0.29) is 45.8 Å². The summed E-state index contributed by atoms with van der Waals surface area (Å²) in [7, 11) is 0. The van der Waals surface area contributed by atoms with Gasteiger partial charge >= 0.3 is 0 Å². The van der Waals surface area contributed by atoms with Crippen LogP contribution in [0.25, 0.3) is 0 Å². The fourth-order valence-electron chi connectivity index (χ4n) is 13.7. The predicted octanol–water partition coefficient (Wildman–Crippen LogP) is 4.10. The average molecular weight is 1150 g/mol. The molecule has 5 saturated heterocycles. The van der Waals surface area contributed by atoms with E-state index in [4.69, 9.17) is 29.9 Å². The van der Waals surface area contributed by atoms with Crippen LogP contribution in [-0.2, 0) is 19.2 Å². The fraction of sp³-hybridized carbons (Fsp3) is 0.828. The third-order valence-corrected chi connectivity index (χ3v) is 15.5. The minimum absolute atomic E-state index is 0.0187. The molecule has 0 aromatic carbocycles. The Labute approximate surface area is 489 Å². The number of carbonyl (C=O) groups excluding carboxylic acids is 4. The molecule has 2 aromatic heterocycles. The Balaban J connectivity index is 1.18. The van der Waals surface area contributed by atoms with Crippen molar-refractivity contribution in [2.75, 3.05) is 110 Å². The number of rotatable bonds is 18. The van der Waals surface area contributed by atoms with E-state index in [0.29, 0.717) is 114 Å². The number of aromatic nitrogens is 6. The van der Waals surface area contributed by atoms with E-state index >= 15 is 0 Å². The number of anilines is 6. The number of amides is 4. The summed E-state index contributed by atoms with van der Waals surface area (Å²) in [6, 6.07) is 0. The van der Waals surface area contributed by atoms with Crippen molar-refractivity contribution in [1.29, 1.82) is 0 Å². The van der Waals surface area contributed by atoms with Gasteiger partial charge in [-0.1, -0.05) is 0 Å². The Morgan fingerprint density at radius 1 is 0.341 bits per heavy atom. The fourth-order valence-corrected chi connectivity index (χ4v) is 13.7. The minimum Gasteiger partial charge on any atom is -0.347 e. The lowest BCUT2D eigenvalue weighted by Crippen LogP contribution is -2.71. The molecule has 5 fully saturated rings. The zero-order valence-electron chi connectivity index (χ0n) is 54.5. The molecule has 0 atom stereocenters. The molecule has 7 rings (SSSR count). The van der Waals surface area contributed by atoms with Gasteiger partial charge in [0, 0.05) is 101 Å². The SMILES string of the molecule is CC(C)(CN1CC(C)(C)NC(C)(C)C1=O)Nc1nc(NC(C)(C)CN2CC(C)(C)NC(C)(C)C2=O)nc(N2CCN(c3nc(NC(C)(C)CN4CC(C)(C)NC(C)(C)C4=O)nc(NC(C)(C)CN4CC(C)(C)NC(C)(C)C4=O)n3)CC2)n1. The van der Waals surface area contributed by atoms with Crippen molar-refractivity contribution < 1.29 is 19.2 Å². The molecule has 460 valence electrons. The molecule has 0 bridgehead atoms. The standard InChI is InChI=1S/C58H104N20O4/c1-47(2,29-75-33-51(9,10)69-55(17,18)37(75)79)65-41-59-42(66-48(3,4)30-76-34-52(11,12)70-56(19,20)38(76)80)62-45(61-41)73-25-27-74(28-26-73)46-63-43(67-49(5,6)31-77-35-53(13,14)71-57(21,22)39(77)81)60-44(64-46)68-50(7,8)32-78-36-54(15,16)72-58(23,24)40(78)82/h69-72H,25-36H2,1-24H3,(H2,59,61,62,65,66)(H2,60,63,64,67,68). The van der Waals surface area contributed by atoms with Crippen LogP contribution >= 0.6 is 0 Å². The van der Waals surface area contributed by atoms with Crippen LogP contribution < -0.4 is 52.3 Å². The highest BCUT2D eigenvalue weighted by atomic mass is 16.2. The van der Waals surface area contributed by atoms with Crippen LogP contribution in [-0.4, -0.2) is 218 Å². The van der Waals surface area contributed by atoms with Crippen LogP contribution in [0.1, 0.15) is 166 Å². The zero-order chi connectivity index (χ0) is 61.6. The molecule has 0 saturated carbocycles. The van der Waals surface area contributed by atoms with E-state index < -0.39 is 44.3 Å². The Kier molecular flexibility index (Phi) is 16.6. The molecule has 0 spiro atoms. The maximum absolute atomic E-state index is 13.8. The second-order valence-electron chi connectivity index (χ2n) is 31.8. The topological polar surface area (TPSA) is 261 Å². The second-order valence-corrected chi connectivity index (χ2v) is 31.8. The van der Waals surface area contributed by atoms with E-state index in [1.165, 1.54) is 0 Å². The summed E-state index contributed by atoms with van der Waals surface area (Å²) in [6.07, 6.45) is 0. The highest BCUT2D eigenvalue weighted by molar-refractivity contribution is 5.88. The van der Waals surface area contributed by atoms with Gasteiger partial charge < -0.3 is 50.7 Å². The summed E-state index contributed by atoms with van der Waals surface area (Å²) in [5.41, 5.74) is -6.87. The van der Waals surface area contributed by atoms with Gasteiger partial charge in [0.1, 0.15) is 0 Å². The molecule has 7 heterocycles. The van der Waals surface area contributed by atoms with Crippen molar-refractivity contribution in [2.24, 2.45) is 0 Å². The van der Waals surface area contributed by atoms with Crippen LogP contribution in [0.5, 0.6) is 0 Å². The minimum atomic E-state index is -0.742. The lowest BCUT2D eigenvalue weighted by molar-refractivity contribution is -0.144. The summed E-state index contributed by atoms with van der Waals surface area (Å²) in [5.74, 6) is 2.36. The summed E-state index contributed by atoms with van der Waals surface area (Å²) in [4.78, 5) is 97.5. The van der Waals surface area contributed by atoms with Gasteiger partial charge in [-0.15, -0.1) is 0 Å². The van der Waals surface area contributed by atoms with Gasteiger partial charge in [-0.3, -0.25) is 40.4 Å². The molecule has 0 unspecified atom stereocenters. The van der Waals surface area contributed by atoms with Crippen LogP contribution in [0.2, 0.25) is 0 Å². The molecule has 2 aromatic rings. The molecule has 0 aliphatic carbocycles. The number of nitrogens with one attached hydrogen (secondary N) is 8. The summed E-state index contributed by atoms with van der Waals surface area (Å²) < 4.78 is 0. The normalized spacial score (nSPS) is 23.5. The highest BCUT2D eigenvalue weighted by Crippen LogP contribution is 2.32. The van der Waals surface area contributed by atoms with Gasteiger partial charge in [-0.05, 0) is 166 Å². The maximum atomic E-state index is 13.8. The third-order valence-electron chi connectivity index (χ3n) is 15.5. The highest BCUT2D eigenvalue weighted by Gasteiger charge is 2.49. The van der Waals surface area contributed by atoms with Gasteiger partial charge in [-0.25, -0.2) is 0 Å². The Morgan fingerprint density at radius 3 is 0.707 bits per heavy atom. The molecule has 24 heteroatoms. The lowest BCUT2D eigenvalue weighted by Gasteiger charge is -2.49. The first-order valence-corrected chi connectivity index (χ1v) is 29.5. The quantitative estimate of drug-likeness (QED) is 0.105. The first-order valence-electron chi connectivity index (χ1n) is 29.5. The number of hydrogen-bond donors (Lipinski definition) is 8.